The number of amides is 1. The highest BCUT2D eigenvalue weighted by atomic mass is 16.4. The summed E-state index contributed by atoms with van der Waals surface area (Å²) in [7, 11) is 0. The van der Waals surface area contributed by atoms with Crippen LogP contribution < -0.4 is 5.73 Å². The number of hydrogen-bond donors (Lipinski definition) is 2. The number of carbonyl (C=O) groups excluding carboxylic acids is 1. The summed E-state index contributed by atoms with van der Waals surface area (Å²) < 4.78 is 0. The highest BCUT2D eigenvalue weighted by Gasteiger charge is 2.18. The van der Waals surface area contributed by atoms with Gasteiger partial charge in [-0.1, -0.05) is 78.1 Å². The van der Waals surface area contributed by atoms with Crippen LogP contribution in [0.4, 0.5) is 0 Å². The molecule has 0 aliphatic rings. The van der Waals surface area contributed by atoms with Gasteiger partial charge in [-0.2, -0.15) is 0 Å². The lowest BCUT2D eigenvalue weighted by Crippen LogP contribution is -2.23. The maximum absolute atomic E-state index is 11.5. The first-order chi connectivity index (χ1) is 11.5. The van der Waals surface area contributed by atoms with Gasteiger partial charge in [-0.05, 0) is 25.7 Å². The van der Waals surface area contributed by atoms with Crippen molar-refractivity contribution in [1.29, 1.82) is 0 Å². The Morgan fingerprint density at radius 2 is 1.08 bits per heavy atom. The number of nitrogens with two attached hydrogens (primary N) is 1. The van der Waals surface area contributed by atoms with E-state index in [1.165, 1.54) is 32.1 Å². The van der Waals surface area contributed by atoms with Crippen LogP contribution in [0.2, 0.25) is 0 Å². The monoisotopic (exact) mass is 341 g/mol. The molecule has 0 aromatic carbocycles. The molecule has 1 amide bonds. The Labute approximate surface area is 148 Å². The molecule has 24 heavy (non-hydrogen) atoms. The predicted octanol–water partition coefficient (Wildman–Crippen LogP) is 5.29. The Morgan fingerprint density at radius 1 is 0.708 bits per heavy atom. The Morgan fingerprint density at radius 3 is 1.42 bits per heavy atom. The van der Waals surface area contributed by atoms with Gasteiger partial charge < -0.3 is 10.8 Å². The molecule has 2 unspecified atom stereocenters. The van der Waals surface area contributed by atoms with Crippen molar-refractivity contribution in [2.45, 2.75) is 104 Å². The van der Waals surface area contributed by atoms with Crippen LogP contribution >= 0.6 is 0 Å². The summed E-state index contributed by atoms with van der Waals surface area (Å²) >= 11 is 0. The maximum atomic E-state index is 11.5. The number of hydrogen-bond acceptors (Lipinski definition) is 2. The van der Waals surface area contributed by atoms with Crippen LogP contribution in [0.3, 0.4) is 0 Å². The number of carbonyl (C=O) groups is 2. The van der Waals surface area contributed by atoms with E-state index < -0.39 is 5.97 Å². The molecule has 2 atom stereocenters. The zero-order chi connectivity index (χ0) is 18.2. The molecule has 0 radical (unpaired) electrons. The first-order valence-corrected chi connectivity index (χ1v) is 10.0. The molecule has 0 aromatic rings. The van der Waals surface area contributed by atoms with E-state index in [4.69, 9.17) is 5.73 Å². The molecule has 0 fully saturated rings. The fourth-order valence-electron chi connectivity index (χ4n) is 3.24. The van der Waals surface area contributed by atoms with Crippen LogP contribution in [0, 0.1) is 11.8 Å². The molecule has 4 nitrogen and oxygen atoms in total. The fraction of sp³-hybridized carbons (Fsp3) is 0.900. The van der Waals surface area contributed by atoms with Crippen molar-refractivity contribution < 1.29 is 14.7 Å². The molecule has 142 valence electrons. The second-order valence-corrected chi connectivity index (χ2v) is 7.12. The molecule has 0 bridgehead atoms. The third-order valence-corrected chi connectivity index (χ3v) is 4.92. The van der Waals surface area contributed by atoms with Crippen molar-refractivity contribution >= 4 is 11.9 Å². The second-order valence-electron chi connectivity index (χ2n) is 7.12. The average molecular weight is 342 g/mol. The third kappa shape index (κ3) is 12.4. The molecule has 0 aliphatic carbocycles. The molecule has 3 N–H and O–H groups in total. The van der Waals surface area contributed by atoms with Gasteiger partial charge in [-0.25, -0.2) is 0 Å². The van der Waals surface area contributed by atoms with Crippen LogP contribution in [-0.4, -0.2) is 17.0 Å². The van der Waals surface area contributed by atoms with Gasteiger partial charge in [-0.3, -0.25) is 9.59 Å². The summed E-state index contributed by atoms with van der Waals surface area (Å²) in [5.74, 6) is -1.12. The lowest BCUT2D eigenvalue weighted by Gasteiger charge is -2.15. The quantitative estimate of drug-likeness (QED) is 0.353. The number of carboxylic acids is 1. The van der Waals surface area contributed by atoms with Gasteiger partial charge in [-0.15, -0.1) is 0 Å². The van der Waals surface area contributed by atoms with E-state index in [0.29, 0.717) is 0 Å². The first kappa shape index (κ1) is 22.9. The summed E-state index contributed by atoms with van der Waals surface area (Å²) in [6.07, 6.45) is 14.1. The fourth-order valence-corrected chi connectivity index (χ4v) is 3.24. The summed E-state index contributed by atoms with van der Waals surface area (Å²) in [5.41, 5.74) is 5.50. The summed E-state index contributed by atoms with van der Waals surface area (Å²) in [5, 5.41) is 9.32. The SMILES string of the molecule is CCCCCCC(CCCCC(CCCCCC)C(=O)O)C(N)=O. The zero-order valence-corrected chi connectivity index (χ0v) is 15.9. The van der Waals surface area contributed by atoms with Gasteiger partial charge in [0.05, 0.1) is 5.92 Å². The largest absolute Gasteiger partial charge is 0.481 e. The normalized spacial score (nSPS) is 13.6. The molecule has 0 saturated carbocycles. The smallest absolute Gasteiger partial charge is 0.306 e. The van der Waals surface area contributed by atoms with Crippen LogP contribution in [-0.2, 0) is 9.59 Å². The molecule has 4 heteroatoms. The summed E-state index contributed by atoms with van der Waals surface area (Å²) in [6, 6.07) is 0. The molecule has 0 aliphatic heterocycles. The van der Waals surface area contributed by atoms with Gasteiger partial charge in [0.2, 0.25) is 5.91 Å². The standard InChI is InChI=1S/C20H39NO3/c1-3-5-7-9-13-17(19(21)22)14-11-12-16-18(20(23)24)15-10-8-6-4-2/h17-18H,3-16H2,1-2H3,(H2,21,22)(H,23,24). The van der Waals surface area contributed by atoms with Gasteiger partial charge in [0.25, 0.3) is 0 Å². The molecule has 0 rings (SSSR count). The Bertz CT molecular complexity index is 299. The highest BCUT2D eigenvalue weighted by Crippen LogP contribution is 2.21. The average Bonchev–Trinajstić information content (AvgIpc) is 2.54. The maximum Gasteiger partial charge on any atom is 0.306 e. The van der Waals surface area contributed by atoms with E-state index in [2.05, 4.69) is 13.8 Å². The number of unbranched alkanes of at least 4 members (excludes halogenated alkanes) is 7. The van der Waals surface area contributed by atoms with Crippen LogP contribution in [0.25, 0.3) is 0 Å². The van der Waals surface area contributed by atoms with E-state index in [9.17, 15) is 14.7 Å². The molecule has 0 aromatic heterocycles. The van der Waals surface area contributed by atoms with Crippen molar-refractivity contribution in [1.82, 2.24) is 0 Å². The lowest BCUT2D eigenvalue weighted by molar-refractivity contribution is -0.142. The number of aliphatic carboxylic acids is 1. The molecule has 0 saturated heterocycles. The van der Waals surface area contributed by atoms with E-state index >= 15 is 0 Å². The van der Waals surface area contributed by atoms with Crippen LogP contribution in [0.1, 0.15) is 104 Å². The molecule has 0 spiro atoms. The minimum atomic E-state index is -0.669. The lowest BCUT2D eigenvalue weighted by atomic mass is 9.91. The van der Waals surface area contributed by atoms with E-state index in [0.717, 1.165) is 57.8 Å². The number of carboxylic acid groups (broad SMARTS) is 1. The zero-order valence-electron chi connectivity index (χ0n) is 15.9. The van der Waals surface area contributed by atoms with Crippen molar-refractivity contribution in [2.75, 3.05) is 0 Å². The Hall–Kier alpha value is -1.06. The minimum Gasteiger partial charge on any atom is -0.481 e. The minimum absolute atomic E-state index is 0.0327. The van der Waals surface area contributed by atoms with Crippen molar-refractivity contribution in [3.05, 3.63) is 0 Å². The third-order valence-electron chi connectivity index (χ3n) is 4.92. The Kier molecular flexibility index (Phi) is 14.8. The van der Waals surface area contributed by atoms with E-state index in [-0.39, 0.29) is 17.7 Å². The summed E-state index contributed by atoms with van der Waals surface area (Å²) in [6.45, 7) is 4.33. The Balaban J connectivity index is 3.96. The van der Waals surface area contributed by atoms with E-state index in [1.807, 2.05) is 0 Å². The van der Waals surface area contributed by atoms with Crippen molar-refractivity contribution in [3.8, 4) is 0 Å². The van der Waals surface area contributed by atoms with Gasteiger partial charge in [0.1, 0.15) is 0 Å². The predicted molar refractivity (Wildman–Crippen MR) is 99.8 cm³/mol. The first-order valence-electron chi connectivity index (χ1n) is 10.0. The number of primary amides is 1. The highest BCUT2D eigenvalue weighted by molar-refractivity contribution is 5.76. The van der Waals surface area contributed by atoms with E-state index in [1.54, 1.807) is 0 Å². The topological polar surface area (TPSA) is 80.4 Å². The van der Waals surface area contributed by atoms with Gasteiger partial charge in [0.15, 0.2) is 0 Å². The molecular weight excluding hydrogens is 302 g/mol. The van der Waals surface area contributed by atoms with Crippen molar-refractivity contribution in [3.63, 3.8) is 0 Å². The van der Waals surface area contributed by atoms with Crippen molar-refractivity contribution in [2.24, 2.45) is 17.6 Å². The molecular formula is C20H39NO3. The molecule has 0 heterocycles. The van der Waals surface area contributed by atoms with Gasteiger partial charge in [0, 0.05) is 5.92 Å². The van der Waals surface area contributed by atoms with Crippen LogP contribution in [0.5, 0.6) is 0 Å². The summed E-state index contributed by atoms with van der Waals surface area (Å²) in [4.78, 5) is 22.9. The second kappa shape index (κ2) is 15.5. The number of rotatable bonds is 17. The van der Waals surface area contributed by atoms with Crippen LogP contribution in [0.15, 0.2) is 0 Å². The van der Waals surface area contributed by atoms with Gasteiger partial charge >= 0.3 is 5.97 Å².